The van der Waals surface area contributed by atoms with Gasteiger partial charge in [-0.1, -0.05) is 37.6 Å². The summed E-state index contributed by atoms with van der Waals surface area (Å²) in [4.78, 5) is 9.50. The summed E-state index contributed by atoms with van der Waals surface area (Å²) in [5, 5.41) is 7.02. The number of likely N-dealkylation sites (tertiary alicyclic amines) is 1. The van der Waals surface area contributed by atoms with E-state index in [1.165, 1.54) is 50.0 Å². The number of nitrogens with zero attached hydrogens (tertiary/aromatic N) is 3. The summed E-state index contributed by atoms with van der Waals surface area (Å²) in [5.41, 5.74) is 2.72. The molecule has 1 unspecified atom stereocenters. The van der Waals surface area contributed by atoms with Gasteiger partial charge in [-0.25, -0.2) is 0 Å². The molecule has 162 valence electrons. The molecule has 1 aromatic carbocycles. The van der Waals surface area contributed by atoms with Gasteiger partial charge in [0.2, 0.25) is 0 Å². The van der Waals surface area contributed by atoms with E-state index < -0.39 is 0 Å². The van der Waals surface area contributed by atoms with Crippen LogP contribution >= 0.6 is 0 Å². The Morgan fingerprint density at radius 1 is 1.00 bits per heavy atom. The van der Waals surface area contributed by atoms with Gasteiger partial charge >= 0.3 is 0 Å². The first-order valence-electron chi connectivity index (χ1n) is 11.3. The lowest BCUT2D eigenvalue weighted by Crippen LogP contribution is -2.42. The Labute approximate surface area is 176 Å². The zero-order chi connectivity index (χ0) is 20.3. The maximum Gasteiger partial charge on any atom is 0.191 e. The fourth-order valence-electron chi connectivity index (χ4n) is 4.20. The van der Waals surface area contributed by atoms with Crippen molar-refractivity contribution in [2.75, 3.05) is 59.5 Å². The van der Waals surface area contributed by atoms with E-state index in [-0.39, 0.29) is 0 Å². The summed E-state index contributed by atoms with van der Waals surface area (Å²) < 4.78 is 5.47. The summed E-state index contributed by atoms with van der Waals surface area (Å²) in [5.74, 6) is 1.50. The van der Waals surface area contributed by atoms with Crippen molar-refractivity contribution >= 4 is 5.96 Å². The van der Waals surface area contributed by atoms with Crippen molar-refractivity contribution in [2.24, 2.45) is 10.9 Å². The number of aliphatic imine (C=N–C) groups is 1. The topological polar surface area (TPSA) is 52.1 Å². The van der Waals surface area contributed by atoms with Gasteiger partial charge in [0.15, 0.2) is 5.96 Å². The molecule has 2 N–H and O–H groups in total. The molecule has 1 aromatic rings. The molecule has 0 spiro atoms. The first-order chi connectivity index (χ1) is 14.2. The van der Waals surface area contributed by atoms with E-state index >= 15 is 0 Å². The van der Waals surface area contributed by atoms with Crippen LogP contribution in [-0.4, -0.2) is 75.3 Å². The van der Waals surface area contributed by atoms with Crippen molar-refractivity contribution in [2.45, 2.75) is 39.3 Å². The van der Waals surface area contributed by atoms with Crippen molar-refractivity contribution in [1.29, 1.82) is 0 Å². The van der Waals surface area contributed by atoms with Crippen LogP contribution in [-0.2, 0) is 17.8 Å². The van der Waals surface area contributed by atoms with Gasteiger partial charge in [-0.15, -0.1) is 0 Å². The van der Waals surface area contributed by atoms with Gasteiger partial charge in [-0.2, -0.15) is 0 Å². The lowest BCUT2D eigenvalue weighted by atomic mass is 10.1. The van der Waals surface area contributed by atoms with Crippen LogP contribution < -0.4 is 10.6 Å². The maximum absolute atomic E-state index is 5.47. The van der Waals surface area contributed by atoms with Crippen molar-refractivity contribution in [3.63, 3.8) is 0 Å². The first kappa shape index (κ1) is 22.1. The molecule has 2 saturated heterocycles. The van der Waals surface area contributed by atoms with Gasteiger partial charge in [-0.05, 0) is 43.0 Å². The smallest absolute Gasteiger partial charge is 0.191 e. The number of nitrogens with one attached hydrogen (secondary N) is 2. The SMILES string of the molecule is CN=C(NCc1ccccc1CN1CCOCC1)NCC(C)CN1CCCCC1. The highest BCUT2D eigenvalue weighted by Crippen LogP contribution is 2.13. The standard InChI is InChI=1S/C23H39N5O/c1-20(18-27-10-6-3-7-11-27)16-25-23(24-2)26-17-21-8-4-5-9-22(21)19-28-12-14-29-15-13-28/h4-5,8-9,20H,3,6-7,10-19H2,1-2H3,(H2,24,25,26). The summed E-state index contributed by atoms with van der Waals surface area (Å²) in [6.07, 6.45) is 4.10. The quantitative estimate of drug-likeness (QED) is 0.517. The van der Waals surface area contributed by atoms with E-state index in [0.29, 0.717) is 5.92 Å². The second-order valence-corrected chi connectivity index (χ2v) is 8.43. The van der Waals surface area contributed by atoms with E-state index in [0.717, 1.165) is 51.9 Å². The fourth-order valence-corrected chi connectivity index (χ4v) is 4.20. The minimum atomic E-state index is 0.611. The third-order valence-corrected chi connectivity index (χ3v) is 5.92. The molecule has 2 heterocycles. The second kappa shape index (κ2) is 12.2. The number of guanidine groups is 1. The predicted octanol–water partition coefficient (Wildman–Crippen LogP) is 2.31. The molecule has 0 aliphatic carbocycles. The summed E-state index contributed by atoms with van der Waals surface area (Å²) in [6, 6.07) is 8.71. The minimum absolute atomic E-state index is 0.611. The number of benzene rings is 1. The van der Waals surface area contributed by atoms with Crippen LogP contribution in [0.4, 0.5) is 0 Å². The number of ether oxygens (including phenoxy) is 1. The van der Waals surface area contributed by atoms with Crippen LogP contribution in [0.1, 0.15) is 37.3 Å². The average molecular weight is 402 g/mol. The van der Waals surface area contributed by atoms with E-state index in [9.17, 15) is 0 Å². The van der Waals surface area contributed by atoms with Crippen LogP contribution in [0.5, 0.6) is 0 Å². The van der Waals surface area contributed by atoms with E-state index in [1.54, 1.807) is 0 Å². The fraction of sp³-hybridized carbons (Fsp3) is 0.696. The van der Waals surface area contributed by atoms with Crippen LogP contribution in [0.25, 0.3) is 0 Å². The zero-order valence-electron chi connectivity index (χ0n) is 18.3. The number of morpholine rings is 1. The molecule has 2 aliphatic heterocycles. The highest BCUT2D eigenvalue weighted by atomic mass is 16.5. The van der Waals surface area contributed by atoms with Gasteiger partial charge in [0.25, 0.3) is 0 Å². The molecule has 6 heteroatoms. The number of hydrogen-bond acceptors (Lipinski definition) is 4. The van der Waals surface area contributed by atoms with Crippen LogP contribution in [0.3, 0.4) is 0 Å². The number of rotatable bonds is 8. The average Bonchev–Trinajstić information content (AvgIpc) is 2.76. The first-order valence-corrected chi connectivity index (χ1v) is 11.3. The van der Waals surface area contributed by atoms with Crippen molar-refractivity contribution in [3.05, 3.63) is 35.4 Å². The lowest BCUT2D eigenvalue weighted by molar-refractivity contribution is 0.0341. The molecule has 0 amide bonds. The van der Waals surface area contributed by atoms with Gasteiger partial charge < -0.3 is 20.3 Å². The molecule has 29 heavy (non-hydrogen) atoms. The largest absolute Gasteiger partial charge is 0.379 e. The van der Waals surface area contributed by atoms with Crippen molar-refractivity contribution in [1.82, 2.24) is 20.4 Å². The molecule has 2 aliphatic rings. The summed E-state index contributed by atoms with van der Waals surface area (Å²) >= 11 is 0. The van der Waals surface area contributed by atoms with Crippen LogP contribution in [0.15, 0.2) is 29.3 Å². The highest BCUT2D eigenvalue weighted by molar-refractivity contribution is 5.79. The van der Waals surface area contributed by atoms with Crippen molar-refractivity contribution < 1.29 is 4.74 Å². The van der Waals surface area contributed by atoms with Gasteiger partial charge in [0, 0.05) is 46.3 Å². The molecule has 3 rings (SSSR count). The highest BCUT2D eigenvalue weighted by Gasteiger charge is 2.15. The Morgan fingerprint density at radius 2 is 1.72 bits per heavy atom. The summed E-state index contributed by atoms with van der Waals surface area (Å²) in [6.45, 7) is 12.5. The number of piperidine rings is 1. The summed E-state index contributed by atoms with van der Waals surface area (Å²) in [7, 11) is 1.85. The molecular weight excluding hydrogens is 362 g/mol. The van der Waals surface area contributed by atoms with Gasteiger partial charge in [-0.3, -0.25) is 9.89 Å². The second-order valence-electron chi connectivity index (χ2n) is 8.43. The van der Waals surface area contributed by atoms with E-state index in [1.807, 2.05) is 7.05 Å². The third-order valence-electron chi connectivity index (χ3n) is 5.92. The Balaban J connectivity index is 1.44. The molecule has 1 atom stereocenters. The lowest BCUT2D eigenvalue weighted by Gasteiger charge is -2.29. The molecule has 0 saturated carbocycles. The van der Waals surface area contributed by atoms with Gasteiger partial charge in [0.1, 0.15) is 0 Å². The van der Waals surface area contributed by atoms with Crippen LogP contribution in [0, 0.1) is 5.92 Å². The predicted molar refractivity (Wildman–Crippen MR) is 120 cm³/mol. The van der Waals surface area contributed by atoms with E-state index in [2.05, 4.69) is 56.6 Å². The molecular formula is C23H39N5O. The third kappa shape index (κ3) is 7.61. The molecule has 0 aromatic heterocycles. The van der Waals surface area contributed by atoms with Gasteiger partial charge in [0.05, 0.1) is 13.2 Å². The zero-order valence-corrected chi connectivity index (χ0v) is 18.3. The monoisotopic (exact) mass is 401 g/mol. The number of hydrogen-bond donors (Lipinski definition) is 2. The Morgan fingerprint density at radius 3 is 2.45 bits per heavy atom. The Bertz CT molecular complexity index is 623. The van der Waals surface area contributed by atoms with Crippen LogP contribution in [0.2, 0.25) is 0 Å². The van der Waals surface area contributed by atoms with Crippen molar-refractivity contribution in [3.8, 4) is 0 Å². The maximum atomic E-state index is 5.47. The Kier molecular flexibility index (Phi) is 9.25. The molecule has 6 nitrogen and oxygen atoms in total. The van der Waals surface area contributed by atoms with E-state index in [4.69, 9.17) is 4.74 Å². The molecule has 0 radical (unpaired) electrons. The molecule has 2 fully saturated rings. The normalized spacial score (nSPS) is 20.4. The minimum Gasteiger partial charge on any atom is -0.379 e. The molecule has 0 bridgehead atoms. The Hall–Kier alpha value is -1.63.